The second-order valence-corrected chi connectivity index (χ2v) is 7.74. The van der Waals surface area contributed by atoms with Gasteiger partial charge in [0.05, 0.1) is 5.92 Å². The summed E-state index contributed by atoms with van der Waals surface area (Å²) < 4.78 is 0. The molecule has 1 amide bonds. The lowest BCUT2D eigenvalue weighted by Crippen LogP contribution is -2.44. The molecule has 1 saturated heterocycles. The topological polar surface area (TPSA) is 85.4 Å². The summed E-state index contributed by atoms with van der Waals surface area (Å²) in [5.74, 6) is -1.04. The van der Waals surface area contributed by atoms with Gasteiger partial charge < -0.3 is 15.4 Å². The maximum absolute atomic E-state index is 12.6. The molecule has 0 saturated carbocycles. The molecule has 4 rings (SSSR count). The van der Waals surface area contributed by atoms with Crippen LogP contribution in [0.25, 0.3) is 10.9 Å². The highest BCUT2D eigenvalue weighted by Gasteiger charge is 2.35. The molecule has 6 nitrogen and oxygen atoms in total. The van der Waals surface area contributed by atoms with Gasteiger partial charge in [-0.2, -0.15) is 0 Å². The lowest BCUT2D eigenvalue weighted by Gasteiger charge is -2.36. The van der Waals surface area contributed by atoms with Crippen LogP contribution >= 0.6 is 0 Å². The first-order valence-corrected chi connectivity index (χ1v) is 9.95. The number of fused-ring (bicyclic) bond motifs is 1. The molecular weight excluding hydrogens is 366 g/mol. The van der Waals surface area contributed by atoms with E-state index in [9.17, 15) is 14.7 Å². The van der Waals surface area contributed by atoms with Crippen molar-refractivity contribution in [2.45, 2.75) is 19.4 Å². The summed E-state index contributed by atoms with van der Waals surface area (Å²) in [6.45, 7) is 2.00. The average Bonchev–Trinajstić information content (AvgIpc) is 3.12. The molecule has 1 aromatic heterocycles. The van der Waals surface area contributed by atoms with Crippen molar-refractivity contribution in [1.82, 2.24) is 9.88 Å². The highest BCUT2D eigenvalue weighted by Crippen LogP contribution is 2.28. The van der Waals surface area contributed by atoms with Crippen molar-refractivity contribution in [3.63, 3.8) is 0 Å². The molecule has 2 atom stereocenters. The first kappa shape index (κ1) is 19.2. The Morgan fingerprint density at radius 2 is 1.86 bits per heavy atom. The molecule has 2 heterocycles. The maximum atomic E-state index is 12.6. The van der Waals surface area contributed by atoms with Gasteiger partial charge in [0.2, 0.25) is 5.91 Å². The van der Waals surface area contributed by atoms with E-state index in [4.69, 9.17) is 0 Å². The van der Waals surface area contributed by atoms with E-state index in [2.05, 4.69) is 27.3 Å². The summed E-state index contributed by atoms with van der Waals surface area (Å²) in [5.41, 5.74) is 2.13. The van der Waals surface area contributed by atoms with Crippen LogP contribution in [0.4, 0.5) is 5.82 Å². The highest BCUT2D eigenvalue weighted by molar-refractivity contribution is 5.94. The number of nitrogens with zero attached hydrogens (tertiary/aromatic N) is 1. The van der Waals surface area contributed by atoms with Crippen LogP contribution in [0.1, 0.15) is 18.4 Å². The Labute approximate surface area is 169 Å². The number of aromatic nitrogens is 1. The van der Waals surface area contributed by atoms with Crippen molar-refractivity contribution >= 4 is 28.6 Å². The van der Waals surface area contributed by atoms with Crippen LogP contribution < -0.4 is 5.32 Å². The largest absolute Gasteiger partial charge is 0.481 e. The lowest BCUT2D eigenvalue weighted by atomic mass is 9.82. The summed E-state index contributed by atoms with van der Waals surface area (Å²) in [7, 11) is 0. The first-order valence-electron chi connectivity index (χ1n) is 9.95. The number of aromatic amines is 1. The predicted molar refractivity (Wildman–Crippen MR) is 112 cm³/mol. The van der Waals surface area contributed by atoms with Gasteiger partial charge in [-0.25, -0.2) is 0 Å². The number of hydrogen-bond donors (Lipinski definition) is 3. The third-order valence-corrected chi connectivity index (χ3v) is 5.66. The van der Waals surface area contributed by atoms with E-state index in [0.717, 1.165) is 24.0 Å². The van der Waals surface area contributed by atoms with Crippen LogP contribution in [0, 0.1) is 11.8 Å². The molecule has 3 aromatic rings. The number of carbonyl (C=O) groups is 2. The average molecular weight is 391 g/mol. The Kier molecular flexibility index (Phi) is 5.62. The number of para-hydroxylation sites is 1. The molecule has 3 N–H and O–H groups in total. The number of anilines is 1. The summed E-state index contributed by atoms with van der Waals surface area (Å²) in [6.07, 6.45) is 0.912. The molecule has 29 heavy (non-hydrogen) atoms. The number of likely N-dealkylation sites (tertiary alicyclic amines) is 1. The van der Waals surface area contributed by atoms with E-state index in [1.807, 2.05) is 48.5 Å². The number of H-pyrrole nitrogens is 1. The van der Waals surface area contributed by atoms with Crippen molar-refractivity contribution in [2.75, 3.05) is 18.4 Å². The molecule has 150 valence electrons. The smallest absolute Gasteiger partial charge is 0.308 e. The van der Waals surface area contributed by atoms with E-state index in [0.29, 0.717) is 18.8 Å². The molecule has 0 bridgehead atoms. The number of amides is 1. The number of carboxylic acids is 1. The number of nitrogens with one attached hydrogen (secondary N) is 2. The Morgan fingerprint density at radius 1 is 1.10 bits per heavy atom. The van der Waals surface area contributed by atoms with Gasteiger partial charge in [0.15, 0.2) is 0 Å². The Bertz CT molecular complexity index is 966. The molecule has 1 fully saturated rings. The molecule has 1 aliphatic heterocycles. The standard InChI is InChI=1S/C23H25N3O3/c27-22(25-21-12-18-8-4-5-9-20(18)24-21)13-17-10-11-26(15-19(17)23(28)29)14-16-6-2-1-3-7-16/h1-9,12,17,19,24H,10-11,13-15H2,(H,25,27)(H,28,29). The fourth-order valence-corrected chi connectivity index (χ4v) is 4.16. The van der Waals surface area contributed by atoms with Crippen LogP contribution in [0.3, 0.4) is 0 Å². The lowest BCUT2D eigenvalue weighted by molar-refractivity contribution is -0.146. The molecule has 0 spiro atoms. The first-order chi connectivity index (χ1) is 14.1. The van der Waals surface area contributed by atoms with E-state index >= 15 is 0 Å². The molecule has 1 aliphatic rings. The zero-order valence-electron chi connectivity index (χ0n) is 16.2. The van der Waals surface area contributed by atoms with Gasteiger partial charge in [0.1, 0.15) is 5.82 Å². The summed E-state index contributed by atoms with van der Waals surface area (Å²) in [6, 6.07) is 19.8. The third-order valence-electron chi connectivity index (χ3n) is 5.66. The Hall–Kier alpha value is -3.12. The van der Waals surface area contributed by atoms with Crippen molar-refractivity contribution in [1.29, 1.82) is 0 Å². The van der Waals surface area contributed by atoms with Crippen molar-refractivity contribution < 1.29 is 14.7 Å². The van der Waals surface area contributed by atoms with E-state index in [1.165, 1.54) is 5.56 Å². The minimum atomic E-state index is -0.828. The van der Waals surface area contributed by atoms with Crippen molar-refractivity contribution in [3.8, 4) is 0 Å². The maximum Gasteiger partial charge on any atom is 0.308 e. The number of benzene rings is 2. The zero-order chi connectivity index (χ0) is 20.2. The summed E-state index contributed by atoms with van der Waals surface area (Å²) in [4.78, 5) is 29.8. The highest BCUT2D eigenvalue weighted by atomic mass is 16.4. The van der Waals surface area contributed by atoms with E-state index in [1.54, 1.807) is 0 Å². The van der Waals surface area contributed by atoms with E-state index in [-0.39, 0.29) is 18.2 Å². The van der Waals surface area contributed by atoms with Gasteiger partial charge >= 0.3 is 5.97 Å². The van der Waals surface area contributed by atoms with E-state index < -0.39 is 11.9 Å². The number of rotatable bonds is 6. The molecule has 2 aromatic carbocycles. The molecule has 6 heteroatoms. The fraction of sp³-hybridized carbons (Fsp3) is 0.304. The predicted octanol–water partition coefficient (Wildman–Crippen LogP) is 3.72. The number of carbonyl (C=O) groups excluding carboxylic acids is 1. The molecular formula is C23H25N3O3. The van der Waals surface area contributed by atoms with Crippen LogP contribution in [0.2, 0.25) is 0 Å². The van der Waals surface area contributed by atoms with Crippen molar-refractivity contribution in [2.24, 2.45) is 11.8 Å². The number of hydrogen-bond acceptors (Lipinski definition) is 3. The second-order valence-electron chi connectivity index (χ2n) is 7.74. The van der Waals surface area contributed by atoms with Gasteiger partial charge in [-0.3, -0.25) is 14.5 Å². The van der Waals surface area contributed by atoms with Gasteiger partial charge in [-0.15, -0.1) is 0 Å². The van der Waals surface area contributed by atoms with Gasteiger partial charge in [-0.1, -0.05) is 48.5 Å². The Morgan fingerprint density at radius 3 is 2.62 bits per heavy atom. The monoisotopic (exact) mass is 391 g/mol. The SMILES string of the molecule is O=C(CC1CCN(Cc2ccccc2)CC1C(=O)O)Nc1cc2ccccc2[nH]1. The molecule has 2 unspecified atom stereocenters. The zero-order valence-corrected chi connectivity index (χ0v) is 16.2. The van der Waals surface area contributed by atoms with Gasteiger partial charge in [-0.05, 0) is 36.6 Å². The number of piperidine rings is 1. The molecule has 0 radical (unpaired) electrons. The molecule has 0 aliphatic carbocycles. The van der Waals surface area contributed by atoms with Gasteiger partial charge in [0.25, 0.3) is 0 Å². The van der Waals surface area contributed by atoms with Crippen LogP contribution in [0.5, 0.6) is 0 Å². The normalized spacial score (nSPS) is 19.9. The third kappa shape index (κ3) is 4.66. The fourth-order valence-electron chi connectivity index (χ4n) is 4.16. The van der Waals surface area contributed by atoms with Crippen LogP contribution in [-0.2, 0) is 16.1 Å². The minimum Gasteiger partial charge on any atom is -0.481 e. The minimum absolute atomic E-state index is 0.149. The van der Waals surface area contributed by atoms with Crippen LogP contribution in [0.15, 0.2) is 60.7 Å². The Balaban J connectivity index is 1.37. The van der Waals surface area contributed by atoms with Crippen LogP contribution in [-0.4, -0.2) is 40.0 Å². The summed E-state index contributed by atoms with van der Waals surface area (Å²) in [5, 5.41) is 13.6. The number of aliphatic carboxylic acids is 1. The quantitative estimate of drug-likeness (QED) is 0.598. The number of carboxylic acid groups (broad SMARTS) is 1. The van der Waals surface area contributed by atoms with Gasteiger partial charge in [0, 0.05) is 30.4 Å². The second kappa shape index (κ2) is 8.49. The van der Waals surface area contributed by atoms with Crippen molar-refractivity contribution in [3.05, 3.63) is 66.2 Å². The summed E-state index contributed by atoms with van der Waals surface area (Å²) >= 11 is 0.